The maximum Gasteiger partial charge on any atom is 0.123 e. The second-order valence-electron chi connectivity index (χ2n) is 6.62. The van der Waals surface area contributed by atoms with Crippen molar-refractivity contribution in [3.63, 3.8) is 0 Å². The van der Waals surface area contributed by atoms with E-state index in [0.29, 0.717) is 12.6 Å². The number of nitrogens with zero attached hydrogens (tertiary/aromatic N) is 3. The summed E-state index contributed by atoms with van der Waals surface area (Å²) in [6.45, 7) is 7.26. The van der Waals surface area contributed by atoms with Gasteiger partial charge in [0.2, 0.25) is 0 Å². The fraction of sp³-hybridized carbons (Fsp3) is 0.526. The summed E-state index contributed by atoms with van der Waals surface area (Å²) in [7, 11) is 0. The van der Waals surface area contributed by atoms with E-state index in [4.69, 9.17) is 0 Å². The summed E-state index contributed by atoms with van der Waals surface area (Å²) in [6, 6.07) is 7.30. The fourth-order valence-electron chi connectivity index (χ4n) is 3.44. The average molecular weight is 330 g/mol. The van der Waals surface area contributed by atoms with Gasteiger partial charge in [-0.25, -0.2) is 4.39 Å². The second kappa shape index (κ2) is 8.40. The maximum absolute atomic E-state index is 13.0. The van der Waals surface area contributed by atoms with Crippen LogP contribution in [-0.2, 0) is 13.1 Å². The van der Waals surface area contributed by atoms with Gasteiger partial charge < -0.3 is 5.32 Å². The third kappa shape index (κ3) is 4.65. The van der Waals surface area contributed by atoms with Gasteiger partial charge in [0, 0.05) is 24.3 Å². The van der Waals surface area contributed by atoms with Crippen molar-refractivity contribution in [3.8, 4) is 0 Å². The molecule has 0 aliphatic carbocycles. The molecule has 0 atom stereocenters. The van der Waals surface area contributed by atoms with Crippen LogP contribution in [-0.4, -0.2) is 40.4 Å². The van der Waals surface area contributed by atoms with E-state index in [0.717, 1.165) is 31.7 Å². The molecule has 130 valence electrons. The molecule has 0 radical (unpaired) electrons. The van der Waals surface area contributed by atoms with E-state index in [-0.39, 0.29) is 5.82 Å². The first-order valence-corrected chi connectivity index (χ1v) is 8.95. The van der Waals surface area contributed by atoms with Crippen molar-refractivity contribution in [2.24, 2.45) is 0 Å². The van der Waals surface area contributed by atoms with Gasteiger partial charge in [-0.15, -0.1) is 0 Å². The van der Waals surface area contributed by atoms with Crippen LogP contribution in [0.25, 0.3) is 0 Å². The predicted octanol–water partition coefficient (Wildman–Crippen LogP) is 3.03. The molecule has 0 spiro atoms. The van der Waals surface area contributed by atoms with Gasteiger partial charge in [-0.05, 0) is 56.6 Å². The molecule has 1 aliphatic rings. The molecule has 1 fully saturated rings. The summed E-state index contributed by atoms with van der Waals surface area (Å²) in [5, 5.41) is 7.92. The van der Waals surface area contributed by atoms with Crippen LogP contribution in [0.3, 0.4) is 0 Å². The minimum Gasteiger partial charge on any atom is -0.317 e. The summed E-state index contributed by atoms with van der Waals surface area (Å²) >= 11 is 0. The zero-order chi connectivity index (χ0) is 16.8. The highest BCUT2D eigenvalue weighted by Gasteiger charge is 2.20. The molecule has 2 aromatic rings. The Morgan fingerprint density at radius 2 is 1.96 bits per heavy atom. The highest BCUT2D eigenvalue weighted by atomic mass is 19.1. The molecule has 1 aromatic heterocycles. The van der Waals surface area contributed by atoms with Crippen LogP contribution >= 0.6 is 0 Å². The lowest BCUT2D eigenvalue weighted by atomic mass is 10.0. The third-order valence-corrected chi connectivity index (χ3v) is 4.67. The first-order valence-electron chi connectivity index (χ1n) is 8.95. The van der Waals surface area contributed by atoms with Crippen molar-refractivity contribution in [3.05, 3.63) is 53.6 Å². The molecule has 1 saturated heterocycles. The normalized spacial score (nSPS) is 16.0. The molecule has 2 heterocycles. The molecule has 1 aliphatic heterocycles. The van der Waals surface area contributed by atoms with Crippen LogP contribution in [0.4, 0.5) is 4.39 Å². The summed E-state index contributed by atoms with van der Waals surface area (Å²) in [6.07, 6.45) is 7.71. The number of piperidine rings is 1. The van der Waals surface area contributed by atoms with Gasteiger partial charge in [0.25, 0.3) is 0 Å². The van der Waals surface area contributed by atoms with Crippen molar-refractivity contribution in [1.29, 1.82) is 0 Å². The Bertz CT molecular complexity index is 617. The molecule has 24 heavy (non-hydrogen) atoms. The number of rotatable bonds is 7. The maximum atomic E-state index is 13.0. The van der Waals surface area contributed by atoms with Crippen LogP contribution in [0.1, 0.15) is 37.3 Å². The van der Waals surface area contributed by atoms with Crippen LogP contribution in [0, 0.1) is 5.82 Å². The van der Waals surface area contributed by atoms with Crippen LogP contribution < -0.4 is 5.32 Å². The number of aromatic nitrogens is 2. The Balaban J connectivity index is 1.61. The Labute approximate surface area is 143 Å². The topological polar surface area (TPSA) is 33.1 Å². The highest BCUT2D eigenvalue weighted by Crippen LogP contribution is 2.16. The summed E-state index contributed by atoms with van der Waals surface area (Å²) in [5.74, 6) is -0.197. The third-order valence-electron chi connectivity index (χ3n) is 4.67. The highest BCUT2D eigenvalue weighted by molar-refractivity contribution is 5.17. The van der Waals surface area contributed by atoms with E-state index in [1.165, 1.54) is 37.0 Å². The molecule has 0 amide bonds. The summed E-state index contributed by atoms with van der Waals surface area (Å²) in [4.78, 5) is 2.60. The van der Waals surface area contributed by atoms with E-state index in [2.05, 4.69) is 28.4 Å². The van der Waals surface area contributed by atoms with Gasteiger partial charge in [-0.3, -0.25) is 9.58 Å². The number of hydrogen-bond donors (Lipinski definition) is 1. The van der Waals surface area contributed by atoms with Crippen molar-refractivity contribution < 1.29 is 4.39 Å². The lowest BCUT2D eigenvalue weighted by Gasteiger charge is -2.34. The minimum absolute atomic E-state index is 0.197. The van der Waals surface area contributed by atoms with E-state index < -0.39 is 0 Å². The lowest BCUT2D eigenvalue weighted by molar-refractivity contribution is 0.154. The van der Waals surface area contributed by atoms with Gasteiger partial charge in [0.1, 0.15) is 5.82 Å². The van der Waals surface area contributed by atoms with Gasteiger partial charge in [-0.2, -0.15) is 5.10 Å². The lowest BCUT2D eigenvalue weighted by Crippen LogP contribution is -2.43. The Morgan fingerprint density at radius 3 is 2.67 bits per heavy atom. The molecule has 5 heteroatoms. The average Bonchev–Trinajstić information content (AvgIpc) is 3.04. The van der Waals surface area contributed by atoms with Gasteiger partial charge in [0.05, 0.1) is 12.7 Å². The monoisotopic (exact) mass is 330 g/mol. The van der Waals surface area contributed by atoms with E-state index in [1.54, 1.807) is 0 Å². The van der Waals surface area contributed by atoms with Crippen molar-refractivity contribution in [2.75, 3.05) is 19.6 Å². The van der Waals surface area contributed by atoms with Crippen molar-refractivity contribution in [1.82, 2.24) is 20.0 Å². The van der Waals surface area contributed by atoms with Gasteiger partial charge in [0.15, 0.2) is 0 Å². The second-order valence-corrected chi connectivity index (χ2v) is 6.62. The number of benzene rings is 1. The molecule has 4 nitrogen and oxygen atoms in total. The standard InChI is InChI=1S/C19H27FN4/c1-2-11-23(19-7-9-21-10-8-19)13-17-12-22-24(15-17)14-16-3-5-18(20)6-4-16/h3-6,12,15,19,21H,2,7-11,13-14H2,1H3. The van der Waals surface area contributed by atoms with E-state index in [1.807, 2.05) is 23.0 Å². The summed E-state index contributed by atoms with van der Waals surface area (Å²) in [5.41, 5.74) is 2.32. The zero-order valence-electron chi connectivity index (χ0n) is 14.4. The van der Waals surface area contributed by atoms with Crippen molar-refractivity contribution >= 4 is 0 Å². The first kappa shape index (κ1) is 17.1. The SMILES string of the molecule is CCCN(Cc1cnn(Cc2ccc(F)cc2)c1)C1CCNCC1. The molecule has 1 N–H and O–H groups in total. The van der Waals surface area contributed by atoms with Gasteiger partial charge in [-0.1, -0.05) is 19.1 Å². The largest absolute Gasteiger partial charge is 0.317 e. The predicted molar refractivity (Wildman–Crippen MR) is 94.3 cm³/mol. The first-order chi connectivity index (χ1) is 11.7. The zero-order valence-corrected chi connectivity index (χ0v) is 14.4. The molecule has 1 aromatic carbocycles. The molecule has 0 bridgehead atoms. The Hall–Kier alpha value is -1.72. The quantitative estimate of drug-likeness (QED) is 0.847. The van der Waals surface area contributed by atoms with Crippen molar-refractivity contribution in [2.45, 2.75) is 45.3 Å². The molecule has 0 saturated carbocycles. The van der Waals surface area contributed by atoms with Crippen LogP contribution in [0.5, 0.6) is 0 Å². The number of halogens is 1. The van der Waals surface area contributed by atoms with E-state index in [9.17, 15) is 4.39 Å². The summed E-state index contributed by atoms with van der Waals surface area (Å²) < 4.78 is 14.9. The number of hydrogen-bond acceptors (Lipinski definition) is 3. The fourth-order valence-corrected chi connectivity index (χ4v) is 3.44. The van der Waals surface area contributed by atoms with Crippen LogP contribution in [0.2, 0.25) is 0 Å². The van der Waals surface area contributed by atoms with E-state index >= 15 is 0 Å². The minimum atomic E-state index is -0.197. The van der Waals surface area contributed by atoms with Crippen LogP contribution in [0.15, 0.2) is 36.7 Å². The molecular formula is C19H27FN4. The Kier molecular flexibility index (Phi) is 5.99. The molecule has 3 rings (SSSR count). The van der Waals surface area contributed by atoms with Gasteiger partial charge >= 0.3 is 0 Å². The molecule has 0 unspecified atom stereocenters. The smallest absolute Gasteiger partial charge is 0.123 e. The molecular weight excluding hydrogens is 303 g/mol. The number of nitrogens with one attached hydrogen (secondary N) is 1. The Morgan fingerprint density at radius 1 is 1.21 bits per heavy atom.